The summed E-state index contributed by atoms with van der Waals surface area (Å²) in [5, 5.41) is 40.4. The van der Waals surface area contributed by atoms with Crippen molar-refractivity contribution < 1.29 is 38.8 Å². The molecule has 0 amide bonds. The molecule has 7 nitrogen and oxygen atoms in total. The minimum Gasteiger partial charge on any atom is -0.481 e. The van der Waals surface area contributed by atoms with Crippen molar-refractivity contribution in [2.24, 2.45) is 11.8 Å². The Bertz CT molecular complexity index is 924. The SMILES string of the molecule is O=C(O)CCCCCCC1C(O)CC(O)C1CCC(O)C(=O)c1cc2ccc(F)cc2o1. The van der Waals surface area contributed by atoms with Crippen LogP contribution >= 0.6 is 0 Å². The zero-order valence-corrected chi connectivity index (χ0v) is 18.0. The molecule has 5 atom stereocenters. The molecule has 1 saturated carbocycles. The number of aliphatic hydroxyl groups excluding tert-OH is 3. The monoisotopic (exact) mass is 450 g/mol. The number of carbonyl (C=O) groups is 2. The summed E-state index contributed by atoms with van der Waals surface area (Å²) in [6, 6.07) is 5.42. The van der Waals surface area contributed by atoms with Gasteiger partial charge in [0.25, 0.3) is 0 Å². The lowest BCUT2D eigenvalue weighted by molar-refractivity contribution is -0.137. The van der Waals surface area contributed by atoms with Gasteiger partial charge >= 0.3 is 5.97 Å². The topological polar surface area (TPSA) is 128 Å². The van der Waals surface area contributed by atoms with Crippen LogP contribution in [-0.4, -0.2) is 50.5 Å². The number of hydrogen-bond acceptors (Lipinski definition) is 6. The summed E-state index contributed by atoms with van der Waals surface area (Å²) in [6.07, 6.45) is 2.08. The molecule has 1 fully saturated rings. The van der Waals surface area contributed by atoms with Crippen LogP contribution in [-0.2, 0) is 4.79 Å². The second-order valence-corrected chi connectivity index (χ2v) is 8.79. The fourth-order valence-corrected chi connectivity index (χ4v) is 4.76. The van der Waals surface area contributed by atoms with Crippen LogP contribution in [0.5, 0.6) is 0 Å². The number of Topliss-reactive ketones (excluding diaryl/α,β-unsaturated/α-hetero) is 1. The Balaban J connectivity index is 1.51. The Morgan fingerprint density at radius 2 is 1.72 bits per heavy atom. The van der Waals surface area contributed by atoms with Crippen LogP contribution < -0.4 is 0 Å². The number of carboxylic acids is 1. The molecule has 1 aromatic carbocycles. The van der Waals surface area contributed by atoms with Gasteiger partial charge in [-0.25, -0.2) is 4.39 Å². The van der Waals surface area contributed by atoms with E-state index in [4.69, 9.17) is 9.52 Å². The number of ketones is 1. The van der Waals surface area contributed by atoms with E-state index in [2.05, 4.69) is 0 Å². The minimum atomic E-state index is -1.32. The van der Waals surface area contributed by atoms with Gasteiger partial charge in [-0.05, 0) is 62.1 Å². The van der Waals surface area contributed by atoms with E-state index < -0.39 is 35.9 Å². The number of unbranched alkanes of at least 4 members (excludes halogenated alkanes) is 3. The largest absolute Gasteiger partial charge is 0.481 e. The number of fused-ring (bicyclic) bond motifs is 1. The first-order valence-corrected chi connectivity index (χ1v) is 11.3. The molecule has 0 saturated heterocycles. The second kappa shape index (κ2) is 11.0. The minimum absolute atomic E-state index is 0.0389. The fourth-order valence-electron chi connectivity index (χ4n) is 4.76. The van der Waals surface area contributed by atoms with Crippen LogP contribution in [0.2, 0.25) is 0 Å². The van der Waals surface area contributed by atoms with Gasteiger partial charge in [0.2, 0.25) is 5.78 Å². The molecule has 1 heterocycles. The smallest absolute Gasteiger partial charge is 0.303 e. The van der Waals surface area contributed by atoms with Crippen LogP contribution in [0.4, 0.5) is 4.39 Å². The molecule has 0 aliphatic heterocycles. The van der Waals surface area contributed by atoms with Crippen molar-refractivity contribution in [1.29, 1.82) is 0 Å². The van der Waals surface area contributed by atoms with Gasteiger partial charge in [0.05, 0.1) is 12.2 Å². The molecule has 1 aliphatic carbocycles. The molecule has 2 aromatic rings. The van der Waals surface area contributed by atoms with E-state index in [9.17, 15) is 29.3 Å². The molecular weight excluding hydrogens is 419 g/mol. The van der Waals surface area contributed by atoms with E-state index in [1.165, 1.54) is 24.3 Å². The van der Waals surface area contributed by atoms with Crippen LogP contribution in [0.1, 0.15) is 68.3 Å². The summed E-state index contributed by atoms with van der Waals surface area (Å²) in [4.78, 5) is 23.1. The summed E-state index contributed by atoms with van der Waals surface area (Å²) in [7, 11) is 0. The van der Waals surface area contributed by atoms with E-state index in [1.54, 1.807) is 0 Å². The molecule has 1 aromatic heterocycles. The number of halogens is 1. The quantitative estimate of drug-likeness (QED) is 0.287. The number of aliphatic hydroxyl groups is 3. The van der Waals surface area contributed by atoms with E-state index in [0.717, 1.165) is 19.3 Å². The Kier molecular flexibility index (Phi) is 8.39. The molecular formula is C24H31FO7. The molecule has 5 unspecified atom stereocenters. The van der Waals surface area contributed by atoms with Gasteiger partial charge in [0, 0.05) is 17.9 Å². The first-order valence-electron chi connectivity index (χ1n) is 11.3. The van der Waals surface area contributed by atoms with Crippen LogP contribution in [0.15, 0.2) is 28.7 Å². The highest BCUT2D eigenvalue weighted by Gasteiger charge is 2.41. The lowest BCUT2D eigenvalue weighted by Gasteiger charge is -2.24. The summed E-state index contributed by atoms with van der Waals surface area (Å²) in [5.41, 5.74) is 0.235. The van der Waals surface area contributed by atoms with E-state index in [0.29, 0.717) is 24.6 Å². The van der Waals surface area contributed by atoms with Crippen LogP contribution in [0.25, 0.3) is 11.0 Å². The molecule has 4 N–H and O–H groups in total. The van der Waals surface area contributed by atoms with Gasteiger partial charge in [0.15, 0.2) is 5.76 Å². The summed E-state index contributed by atoms with van der Waals surface area (Å²) >= 11 is 0. The molecule has 1 aliphatic rings. The first-order chi connectivity index (χ1) is 15.3. The number of aliphatic carboxylic acids is 1. The predicted octanol–water partition coefficient (Wildman–Crippen LogP) is 3.68. The molecule has 0 spiro atoms. The normalized spacial score (nSPS) is 24.1. The molecule has 8 heteroatoms. The number of rotatable bonds is 12. The second-order valence-electron chi connectivity index (χ2n) is 8.79. The predicted molar refractivity (Wildman–Crippen MR) is 115 cm³/mol. The van der Waals surface area contributed by atoms with Crippen molar-refractivity contribution >= 4 is 22.7 Å². The van der Waals surface area contributed by atoms with Crippen LogP contribution in [0, 0.1) is 17.7 Å². The summed E-state index contributed by atoms with van der Waals surface area (Å²) in [6.45, 7) is 0. The number of furan rings is 1. The standard InChI is InChI=1S/C24H31FO7/c25-15-8-7-14-11-22(32-21(14)12-15)24(31)18(26)10-9-17-16(19(27)13-20(17)28)5-3-1-2-4-6-23(29)30/h7-8,11-12,16-20,26-28H,1-6,9-10,13H2,(H,29,30). The Morgan fingerprint density at radius 1 is 1.03 bits per heavy atom. The zero-order chi connectivity index (χ0) is 23.3. The average molecular weight is 451 g/mol. The Labute approximate surface area is 185 Å². The number of carboxylic acid groups (broad SMARTS) is 1. The Morgan fingerprint density at radius 3 is 2.44 bits per heavy atom. The molecule has 0 bridgehead atoms. The van der Waals surface area contributed by atoms with Crippen molar-refractivity contribution in [1.82, 2.24) is 0 Å². The van der Waals surface area contributed by atoms with Gasteiger partial charge in [0.1, 0.15) is 17.5 Å². The maximum atomic E-state index is 13.3. The van der Waals surface area contributed by atoms with Crippen molar-refractivity contribution in [2.75, 3.05) is 0 Å². The molecule has 3 rings (SSSR count). The van der Waals surface area contributed by atoms with Crippen molar-refractivity contribution in [3.63, 3.8) is 0 Å². The first kappa shape index (κ1) is 24.4. The highest BCUT2D eigenvalue weighted by molar-refractivity contribution is 6.00. The summed E-state index contributed by atoms with van der Waals surface area (Å²) < 4.78 is 18.7. The van der Waals surface area contributed by atoms with Gasteiger partial charge in [-0.1, -0.05) is 19.3 Å². The Hall–Kier alpha value is -2.29. The van der Waals surface area contributed by atoms with Crippen LogP contribution in [0.3, 0.4) is 0 Å². The van der Waals surface area contributed by atoms with E-state index in [-0.39, 0.29) is 42.4 Å². The van der Waals surface area contributed by atoms with Crippen molar-refractivity contribution in [2.45, 2.75) is 76.1 Å². The maximum absolute atomic E-state index is 13.3. The third-order valence-electron chi connectivity index (χ3n) is 6.50. The third-order valence-corrected chi connectivity index (χ3v) is 6.50. The van der Waals surface area contributed by atoms with E-state index in [1.807, 2.05) is 0 Å². The average Bonchev–Trinajstić information content (AvgIpc) is 3.27. The summed E-state index contributed by atoms with van der Waals surface area (Å²) in [5.74, 6) is -2.26. The van der Waals surface area contributed by atoms with E-state index >= 15 is 0 Å². The number of benzene rings is 1. The highest BCUT2D eigenvalue weighted by Crippen LogP contribution is 2.39. The zero-order valence-electron chi connectivity index (χ0n) is 18.0. The van der Waals surface area contributed by atoms with Gasteiger partial charge in [-0.15, -0.1) is 0 Å². The number of carbonyl (C=O) groups excluding carboxylic acids is 1. The van der Waals surface area contributed by atoms with Gasteiger partial charge < -0.3 is 24.8 Å². The highest BCUT2D eigenvalue weighted by atomic mass is 19.1. The number of hydrogen-bond donors (Lipinski definition) is 4. The fraction of sp³-hybridized carbons (Fsp3) is 0.583. The lowest BCUT2D eigenvalue weighted by atomic mass is 9.84. The van der Waals surface area contributed by atoms with Gasteiger partial charge in [-0.2, -0.15) is 0 Å². The van der Waals surface area contributed by atoms with Crippen molar-refractivity contribution in [3.05, 3.63) is 35.8 Å². The van der Waals surface area contributed by atoms with Gasteiger partial charge in [-0.3, -0.25) is 9.59 Å². The lowest BCUT2D eigenvalue weighted by Crippen LogP contribution is -2.26. The molecule has 0 radical (unpaired) electrons. The van der Waals surface area contributed by atoms with Crippen molar-refractivity contribution in [3.8, 4) is 0 Å². The molecule has 32 heavy (non-hydrogen) atoms. The maximum Gasteiger partial charge on any atom is 0.303 e. The third kappa shape index (κ3) is 6.15. The molecule has 176 valence electrons.